The molecular formula is C18H18ClFN4O2. The van der Waals surface area contributed by atoms with E-state index in [1.165, 1.54) is 35.0 Å². The van der Waals surface area contributed by atoms with Gasteiger partial charge in [-0.15, -0.1) is 0 Å². The summed E-state index contributed by atoms with van der Waals surface area (Å²) in [5, 5.41) is 9.72. The number of hydrogen-bond acceptors (Lipinski definition) is 3. The van der Waals surface area contributed by atoms with E-state index in [0.717, 1.165) is 0 Å². The Morgan fingerprint density at radius 2 is 2.23 bits per heavy atom. The second-order valence-corrected chi connectivity index (χ2v) is 7.07. The highest BCUT2D eigenvalue weighted by atomic mass is 35.5. The Hall–Kier alpha value is -2.59. The maximum Gasteiger partial charge on any atom is 0.272 e. The second-order valence-electron chi connectivity index (χ2n) is 6.70. The van der Waals surface area contributed by atoms with Gasteiger partial charge in [-0.05, 0) is 30.5 Å². The van der Waals surface area contributed by atoms with Gasteiger partial charge in [0.1, 0.15) is 17.6 Å². The van der Waals surface area contributed by atoms with Crippen molar-refractivity contribution in [2.75, 3.05) is 20.1 Å². The lowest BCUT2D eigenvalue weighted by Gasteiger charge is -2.23. The van der Waals surface area contributed by atoms with E-state index < -0.39 is 17.8 Å². The van der Waals surface area contributed by atoms with Crippen molar-refractivity contribution >= 4 is 34.3 Å². The molecule has 0 radical (unpaired) electrons. The maximum absolute atomic E-state index is 13.4. The Labute approximate surface area is 155 Å². The highest BCUT2D eigenvalue weighted by Gasteiger charge is 2.34. The van der Waals surface area contributed by atoms with Crippen LogP contribution in [-0.2, 0) is 4.79 Å². The van der Waals surface area contributed by atoms with Crippen molar-refractivity contribution in [2.45, 2.75) is 19.4 Å². The average Bonchev–Trinajstić information content (AvgIpc) is 3.14. The number of benzene rings is 1. The van der Waals surface area contributed by atoms with Crippen LogP contribution in [0.3, 0.4) is 0 Å². The summed E-state index contributed by atoms with van der Waals surface area (Å²) in [6.07, 6.45) is 0.638. The molecule has 2 unspecified atom stereocenters. The number of likely N-dealkylation sites (tertiary alicyclic amines) is 1. The third kappa shape index (κ3) is 3.25. The fourth-order valence-electron chi connectivity index (χ4n) is 3.28. The maximum atomic E-state index is 13.4. The molecule has 0 spiro atoms. The summed E-state index contributed by atoms with van der Waals surface area (Å²) in [5.41, 5.74) is 0.645. The number of nitriles is 1. The molecule has 3 rings (SSSR count). The summed E-state index contributed by atoms with van der Waals surface area (Å²) >= 11 is 6.21. The summed E-state index contributed by atoms with van der Waals surface area (Å²) in [4.78, 5) is 30.8. The van der Waals surface area contributed by atoms with Gasteiger partial charge in [0.2, 0.25) is 5.91 Å². The Morgan fingerprint density at radius 1 is 1.50 bits per heavy atom. The number of aromatic amines is 1. The quantitative estimate of drug-likeness (QED) is 0.894. The zero-order valence-corrected chi connectivity index (χ0v) is 15.2. The van der Waals surface area contributed by atoms with Crippen LogP contribution in [0.25, 0.3) is 10.9 Å². The largest absolute Gasteiger partial charge is 0.349 e. The monoisotopic (exact) mass is 376 g/mol. The van der Waals surface area contributed by atoms with E-state index in [1.54, 1.807) is 0 Å². The summed E-state index contributed by atoms with van der Waals surface area (Å²) in [5.74, 6) is -0.954. The number of carbonyl (C=O) groups is 2. The molecule has 2 aromatic rings. The van der Waals surface area contributed by atoms with Crippen molar-refractivity contribution in [3.05, 3.63) is 34.7 Å². The molecule has 1 saturated heterocycles. The molecule has 8 heteroatoms. The number of likely N-dealkylation sites (N-methyl/N-ethyl adjacent to an activating group) is 1. The molecular weight excluding hydrogens is 359 g/mol. The predicted octanol–water partition coefficient (Wildman–Crippen LogP) is 2.79. The van der Waals surface area contributed by atoms with E-state index in [4.69, 9.17) is 11.6 Å². The number of amides is 2. The van der Waals surface area contributed by atoms with Crippen molar-refractivity contribution in [3.8, 4) is 6.07 Å². The minimum Gasteiger partial charge on any atom is -0.349 e. The molecule has 1 aromatic heterocycles. The topological polar surface area (TPSA) is 80.2 Å². The lowest BCUT2D eigenvalue weighted by molar-refractivity contribution is -0.131. The summed E-state index contributed by atoms with van der Waals surface area (Å²) < 4.78 is 13.4. The van der Waals surface area contributed by atoms with Crippen molar-refractivity contribution in [3.63, 3.8) is 0 Å². The number of rotatable bonds is 3. The molecule has 1 aromatic carbocycles. The lowest BCUT2D eigenvalue weighted by Crippen LogP contribution is -2.43. The van der Waals surface area contributed by atoms with Crippen LogP contribution in [-0.4, -0.2) is 52.8 Å². The zero-order valence-electron chi connectivity index (χ0n) is 14.4. The molecule has 1 fully saturated rings. The van der Waals surface area contributed by atoms with Gasteiger partial charge in [0.25, 0.3) is 5.91 Å². The number of fused-ring (bicyclic) bond motifs is 1. The van der Waals surface area contributed by atoms with E-state index in [2.05, 4.69) is 11.1 Å². The van der Waals surface area contributed by atoms with Crippen LogP contribution < -0.4 is 0 Å². The molecule has 1 N–H and O–H groups in total. The zero-order chi connectivity index (χ0) is 19.0. The number of H-pyrrole nitrogens is 1. The number of hydrogen-bond donors (Lipinski definition) is 1. The Bertz CT molecular complexity index is 920. The predicted molar refractivity (Wildman–Crippen MR) is 95.1 cm³/mol. The minimum atomic E-state index is -0.472. The summed E-state index contributed by atoms with van der Waals surface area (Å²) in [6.45, 7) is 2.32. The van der Waals surface area contributed by atoms with Crippen LogP contribution in [0.15, 0.2) is 18.2 Å². The number of nitrogens with one attached hydrogen (secondary N) is 1. The van der Waals surface area contributed by atoms with Crippen molar-refractivity contribution in [2.24, 2.45) is 5.92 Å². The molecule has 2 atom stereocenters. The van der Waals surface area contributed by atoms with Gasteiger partial charge in [0.05, 0.1) is 17.6 Å². The van der Waals surface area contributed by atoms with Gasteiger partial charge in [0.15, 0.2) is 0 Å². The molecule has 1 aliphatic heterocycles. The lowest BCUT2D eigenvalue weighted by atomic mass is 10.1. The first-order chi connectivity index (χ1) is 12.3. The van der Waals surface area contributed by atoms with Crippen LogP contribution in [0.5, 0.6) is 0 Å². The third-order valence-corrected chi connectivity index (χ3v) is 5.00. The van der Waals surface area contributed by atoms with E-state index in [1.807, 2.05) is 6.92 Å². The fraction of sp³-hybridized carbons (Fsp3) is 0.389. The first kappa shape index (κ1) is 18.2. The van der Waals surface area contributed by atoms with Gasteiger partial charge in [-0.3, -0.25) is 9.59 Å². The van der Waals surface area contributed by atoms with Gasteiger partial charge in [0, 0.05) is 24.5 Å². The summed E-state index contributed by atoms with van der Waals surface area (Å²) in [6, 6.07) is 5.69. The van der Waals surface area contributed by atoms with E-state index in [-0.39, 0.29) is 29.1 Å². The molecule has 2 amide bonds. The molecule has 1 aliphatic rings. The van der Waals surface area contributed by atoms with Gasteiger partial charge in [-0.2, -0.15) is 5.26 Å². The SMILES string of the molecule is CC1CC(C#N)N(C(=O)CN(C)C(=O)c2[nH]c3ccc(F)cc3c2Cl)C1. The average molecular weight is 377 g/mol. The van der Waals surface area contributed by atoms with Crippen molar-refractivity contribution in [1.29, 1.82) is 5.26 Å². The number of aromatic nitrogens is 1. The molecule has 2 heterocycles. The first-order valence-corrected chi connectivity index (χ1v) is 8.61. The summed E-state index contributed by atoms with van der Waals surface area (Å²) in [7, 11) is 1.49. The van der Waals surface area contributed by atoms with Crippen LogP contribution in [0.1, 0.15) is 23.8 Å². The highest BCUT2D eigenvalue weighted by molar-refractivity contribution is 6.38. The molecule has 0 saturated carbocycles. The van der Waals surface area contributed by atoms with E-state index >= 15 is 0 Å². The Kier molecular flexibility index (Phi) is 4.88. The van der Waals surface area contributed by atoms with Gasteiger partial charge in [-0.25, -0.2) is 4.39 Å². The number of halogens is 2. The molecule has 0 bridgehead atoms. The van der Waals surface area contributed by atoms with E-state index in [0.29, 0.717) is 23.9 Å². The fourth-order valence-corrected chi connectivity index (χ4v) is 3.56. The normalized spacial score (nSPS) is 19.6. The minimum absolute atomic E-state index is 0.106. The van der Waals surface area contributed by atoms with Crippen LogP contribution in [0.2, 0.25) is 5.02 Å². The Balaban J connectivity index is 1.77. The molecule has 136 valence electrons. The second kappa shape index (κ2) is 6.96. The van der Waals surface area contributed by atoms with Crippen LogP contribution in [0.4, 0.5) is 4.39 Å². The molecule has 6 nitrogen and oxygen atoms in total. The number of carbonyl (C=O) groups excluding carboxylic acids is 2. The van der Waals surface area contributed by atoms with E-state index in [9.17, 15) is 19.2 Å². The number of nitrogens with zero attached hydrogens (tertiary/aromatic N) is 3. The Morgan fingerprint density at radius 3 is 2.92 bits per heavy atom. The highest BCUT2D eigenvalue weighted by Crippen LogP contribution is 2.29. The standard InChI is InChI=1S/C18H18ClFN4O2/c1-10-5-12(7-21)24(8-10)15(25)9-23(2)18(26)17-16(19)13-6-11(20)3-4-14(13)22-17/h3-4,6,10,12,22H,5,8-9H2,1-2H3. The van der Waals surface area contributed by atoms with Crippen molar-refractivity contribution < 1.29 is 14.0 Å². The molecule has 26 heavy (non-hydrogen) atoms. The van der Waals surface area contributed by atoms with Crippen LogP contribution in [0, 0.1) is 23.1 Å². The van der Waals surface area contributed by atoms with Gasteiger partial charge in [-0.1, -0.05) is 18.5 Å². The smallest absolute Gasteiger partial charge is 0.272 e. The molecule has 0 aliphatic carbocycles. The van der Waals surface area contributed by atoms with Gasteiger partial charge >= 0.3 is 0 Å². The van der Waals surface area contributed by atoms with Crippen molar-refractivity contribution in [1.82, 2.24) is 14.8 Å². The van der Waals surface area contributed by atoms with Gasteiger partial charge < -0.3 is 14.8 Å². The first-order valence-electron chi connectivity index (χ1n) is 8.23. The third-order valence-electron chi connectivity index (χ3n) is 4.61. The van der Waals surface area contributed by atoms with Crippen LogP contribution >= 0.6 is 11.6 Å².